The number of ether oxygens (including phenoxy) is 1. The van der Waals surface area contributed by atoms with Crippen LogP contribution in [-0.2, 0) is 9.53 Å². The van der Waals surface area contributed by atoms with E-state index < -0.39 is 23.6 Å². The van der Waals surface area contributed by atoms with Crippen molar-refractivity contribution in [3.8, 4) is 0 Å². The summed E-state index contributed by atoms with van der Waals surface area (Å²) >= 11 is 0. The monoisotopic (exact) mass is 267 g/mol. The van der Waals surface area contributed by atoms with Crippen molar-refractivity contribution in [1.29, 1.82) is 0 Å². The predicted octanol–water partition coefficient (Wildman–Crippen LogP) is 2.90. The summed E-state index contributed by atoms with van der Waals surface area (Å²) in [6, 6.07) is 3.46. The second kappa shape index (κ2) is 5.82. The van der Waals surface area contributed by atoms with Gasteiger partial charge in [-0.2, -0.15) is 0 Å². The van der Waals surface area contributed by atoms with E-state index in [9.17, 15) is 14.0 Å². The minimum absolute atomic E-state index is 0.329. The van der Waals surface area contributed by atoms with Crippen LogP contribution < -0.4 is 5.32 Å². The molecular weight excluding hydrogens is 249 g/mol. The van der Waals surface area contributed by atoms with Crippen molar-refractivity contribution in [1.82, 2.24) is 5.32 Å². The summed E-state index contributed by atoms with van der Waals surface area (Å²) in [4.78, 5) is 22.7. The Kier molecular flexibility index (Phi) is 4.64. The van der Waals surface area contributed by atoms with Crippen LogP contribution in [0.2, 0.25) is 0 Å². The highest BCUT2D eigenvalue weighted by Crippen LogP contribution is 2.19. The van der Waals surface area contributed by atoms with Gasteiger partial charge in [0.05, 0.1) is 0 Å². The first-order valence-electron chi connectivity index (χ1n) is 5.94. The summed E-state index contributed by atoms with van der Waals surface area (Å²) < 4.78 is 18.5. The van der Waals surface area contributed by atoms with Crippen LogP contribution in [0.5, 0.6) is 0 Å². The van der Waals surface area contributed by atoms with E-state index in [0.29, 0.717) is 17.4 Å². The number of nitrogens with one attached hydrogen (secondary N) is 1. The molecule has 0 aliphatic rings. The van der Waals surface area contributed by atoms with Gasteiger partial charge in [0.15, 0.2) is 0 Å². The Morgan fingerprint density at radius 1 is 1.42 bits per heavy atom. The van der Waals surface area contributed by atoms with Crippen LogP contribution in [-0.4, -0.2) is 18.0 Å². The number of hydrogen-bond acceptors (Lipinski definition) is 3. The maximum Gasteiger partial charge on any atom is 0.408 e. The van der Waals surface area contributed by atoms with E-state index in [1.165, 1.54) is 12.1 Å². The molecular formula is C14H18FNO3. The molecule has 4 nitrogen and oxygen atoms in total. The Labute approximate surface area is 112 Å². The molecule has 1 aromatic carbocycles. The molecule has 0 saturated carbocycles. The molecule has 0 aliphatic heterocycles. The average molecular weight is 267 g/mol. The topological polar surface area (TPSA) is 55.4 Å². The Balaban J connectivity index is 2.87. The van der Waals surface area contributed by atoms with Crippen LogP contribution in [0, 0.1) is 12.7 Å². The summed E-state index contributed by atoms with van der Waals surface area (Å²) in [6.07, 6.45) is -0.167. The number of aldehydes is 1. The number of alkyl carbamates (subject to hydrolysis) is 1. The van der Waals surface area contributed by atoms with E-state index in [2.05, 4.69) is 5.32 Å². The molecule has 0 spiro atoms. The molecule has 0 bridgehead atoms. The maximum atomic E-state index is 13.4. The van der Waals surface area contributed by atoms with Gasteiger partial charge in [-0.05, 0) is 44.9 Å². The lowest BCUT2D eigenvalue weighted by molar-refractivity contribution is -0.109. The lowest BCUT2D eigenvalue weighted by atomic mass is 10.0. The van der Waals surface area contributed by atoms with Crippen LogP contribution in [0.3, 0.4) is 0 Å². The summed E-state index contributed by atoms with van der Waals surface area (Å²) in [5.74, 6) is -0.421. The first-order valence-corrected chi connectivity index (χ1v) is 5.94. The predicted molar refractivity (Wildman–Crippen MR) is 69.3 cm³/mol. The molecule has 0 saturated heterocycles. The summed E-state index contributed by atoms with van der Waals surface area (Å²) in [5, 5.41) is 2.41. The third-order valence-electron chi connectivity index (χ3n) is 2.45. The highest BCUT2D eigenvalue weighted by molar-refractivity contribution is 5.75. The smallest absolute Gasteiger partial charge is 0.408 e. The molecule has 0 fully saturated rings. The van der Waals surface area contributed by atoms with Gasteiger partial charge in [0.1, 0.15) is 23.7 Å². The van der Waals surface area contributed by atoms with Crippen molar-refractivity contribution in [2.24, 2.45) is 0 Å². The summed E-state index contributed by atoms with van der Waals surface area (Å²) in [5.41, 5.74) is 0.0885. The molecule has 1 atom stereocenters. The SMILES string of the molecule is Cc1c(F)cccc1C(C=O)NC(=O)OC(C)(C)C. The molecule has 1 rings (SSSR count). The maximum absolute atomic E-state index is 13.4. The van der Waals surface area contributed by atoms with Crippen molar-refractivity contribution in [2.75, 3.05) is 0 Å². The Bertz CT molecular complexity index is 480. The van der Waals surface area contributed by atoms with Crippen LogP contribution in [0.4, 0.5) is 9.18 Å². The molecule has 0 aliphatic carbocycles. The fraction of sp³-hybridized carbons (Fsp3) is 0.429. The fourth-order valence-corrected chi connectivity index (χ4v) is 1.58. The highest BCUT2D eigenvalue weighted by Gasteiger charge is 2.21. The zero-order valence-corrected chi connectivity index (χ0v) is 11.5. The normalized spacial score (nSPS) is 12.7. The zero-order chi connectivity index (χ0) is 14.6. The van der Waals surface area contributed by atoms with Crippen molar-refractivity contribution in [3.05, 3.63) is 35.1 Å². The van der Waals surface area contributed by atoms with Gasteiger partial charge in [0.2, 0.25) is 0 Å². The zero-order valence-electron chi connectivity index (χ0n) is 11.5. The molecule has 1 unspecified atom stereocenters. The van der Waals surface area contributed by atoms with Crippen molar-refractivity contribution in [3.63, 3.8) is 0 Å². The van der Waals surface area contributed by atoms with E-state index in [-0.39, 0.29) is 0 Å². The van der Waals surface area contributed by atoms with E-state index in [0.717, 1.165) is 0 Å². The minimum Gasteiger partial charge on any atom is -0.444 e. The highest BCUT2D eigenvalue weighted by atomic mass is 19.1. The first kappa shape index (κ1) is 15.1. The van der Waals surface area contributed by atoms with Gasteiger partial charge in [0, 0.05) is 0 Å². The molecule has 0 radical (unpaired) electrons. The lowest BCUT2D eigenvalue weighted by Gasteiger charge is -2.22. The minimum atomic E-state index is -0.925. The Morgan fingerprint density at radius 2 is 2.05 bits per heavy atom. The summed E-state index contributed by atoms with van der Waals surface area (Å²) in [7, 11) is 0. The van der Waals surface area contributed by atoms with Gasteiger partial charge in [-0.15, -0.1) is 0 Å². The van der Waals surface area contributed by atoms with E-state index in [1.54, 1.807) is 33.8 Å². The lowest BCUT2D eigenvalue weighted by Crippen LogP contribution is -2.35. The quantitative estimate of drug-likeness (QED) is 0.857. The number of hydrogen-bond donors (Lipinski definition) is 1. The number of amides is 1. The van der Waals surface area contributed by atoms with Crippen molar-refractivity contribution < 1.29 is 18.7 Å². The van der Waals surface area contributed by atoms with E-state index >= 15 is 0 Å². The van der Waals surface area contributed by atoms with E-state index in [1.807, 2.05) is 0 Å². The van der Waals surface area contributed by atoms with Gasteiger partial charge in [0.25, 0.3) is 0 Å². The standard InChI is InChI=1S/C14H18FNO3/c1-9-10(6-5-7-11(9)15)12(8-17)16-13(18)19-14(2,3)4/h5-8,12H,1-4H3,(H,16,18). The largest absolute Gasteiger partial charge is 0.444 e. The third-order valence-corrected chi connectivity index (χ3v) is 2.45. The fourth-order valence-electron chi connectivity index (χ4n) is 1.58. The van der Waals surface area contributed by atoms with E-state index in [4.69, 9.17) is 4.74 Å². The molecule has 1 N–H and O–H groups in total. The second-order valence-corrected chi connectivity index (χ2v) is 5.21. The molecule has 1 amide bonds. The van der Waals surface area contributed by atoms with Gasteiger partial charge in [-0.25, -0.2) is 9.18 Å². The average Bonchev–Trinajstić information content (AvgIpc) is 2.27. The van der Waals surface area contributed by atoms with Gasteiger partial charge < -0.3 is 14.8 Å². The van der Waals surface area contributed by atoms with Crippen LogP contribution in [0.1, 0.15) is 37.9 Å². The number of carbonyl (C=O) groups excluding carboxylic acids is 2. The van der Waals surface area contributed by atoms with Crippen molar-refractivity contribution >= 4 is 12.4 Å². The summed E-state index contributed by atoms with van der Waals surface area (Å²) in [6.45, 7) is 6.71. The van der Waals surface area contributed by atoms with Gasteiger partial charge in [-0.1, -0.05) is 12.1 Å². The number of rotatable bonds is 3. The third kappa shape index (κ3) is 4.35. The Morgan fingerprint density at radius 3 is 2.58 bits per heavy atom. The second-order valence-electron chi connectivity index (χ2n) is 5.21. The molecule has 5 heteroatoms. The molecule has 104 valence electrons. The van der Waals surface area contributed by atoms with Crippen LogP contribution in [0.15, 0.2) is 18.2 Å². The molecule has 0 aromatic heterocycles. The molecule has 1 aromatic rings. The molecule has 0 heterocycles. The van der Waals surface area contributed by atoms with Crippen LogP contribution >= 0.6 is 0 Å². The van der Waals surface area contributed by atoms with Crippen molar-refractivity contribution in [2.45, 2.75) is 39.3 Å². The number of carbonyl (C=O) groups is 2. The Hall–Kier alpha value is -1.91. The number of benzene rings is 1. The van der Waals surface area contributed by atoms with Gasteiger partial charge in [-0.3, -0.25) is 0 Å². The van der Waals surface area contributed by atoms with Crippen LogP contribution in [0.25, 0.3) is 0 Å². The van der Waals surface area contributed by atoms with Gasteiger partial charge >= 0.3 is 6.09 Å². The first-order chi connectivity index (χ1) is 8.74. The molecule has 19 heavy (non-hydrogen) atoms. The number of halogens is 1.